The summed E-state index contributed by atoms with van der Waals surface area (Å²) in [5.41, 5.74) is 0. The molecule has 4 heteroatoms. The molecule has 1 unspecified atom stereocenters. The fourth-order valence-corrected chi connectivity index (χ4v) is 0.488. The van der Waals surface area contributed by atoms with E-state index < -0.39 is 12.1 Å². The zero-order valence-corrected chi connectivity index (χ0v) is 5.18. The number of rotatable bonds is 3. The molecule has 0 aliphatic carbocycles. The number of aliphatic carboxylic acids is 1. The van der Waals surface area contributed by atoms with E-state index in [-0.39, 0.29) is 5.88 Å². The summed E-state index contributed by atoms with van der Waals surface area (Å²) in [6, 6.07) is 0. The number of alkyl halides is 1. The van der Waals surface area contributed by atoms with Gasteiger partial charge in [0.25, 0.3) is 0 Å². The van der Waals surface area contributed by atoms with E-state index in [1.165, 1.54) is 7.11 Å². The molecule has 0 saturated carbocycles. The van der Waals surface area contributed by atoms with Crippen LogP contribution in [0.15, 0.2) is 0 Å². The molecule has 0 aliphatic rings. The third-order valence-electron chi connectivity index (χ3n) is 0.700. The Balaban J connectivity index is 3.52. The molecule has 0 radical (unpaired) electrons. The third kappa shape index (κ3) is 2.14. The van der Waals surface area contributed by atoms with Crippen molar-refractivity contribution in [3.8, 4) is 0 Å². The van der Waals surface area contributed by atoms with Gasteiger partial charge < -0.3 is 9.84 Å². The number of carboxylic acid groups (broad SMARTS) is 1. The second kappa shape index (κ2) is 3.69. The average Bonchev–Trinajstić information content (AvgIpc) is 1.69. The van der Waals surface area contributed by atoms with Crippen LogP contribution >= 0.6 is 11.6 Å². The molecule has 0 heterocycles. The van der Waals surface area contributed by atoms with Crippen LogP contribution in [0.1, 0.15) is 0 Å². The molecule has 0 aromatic carbocycles. The minimum Gasteiger partial charge on any atom is -0.479 e. The first kappa shape index (κ1) is 7.72. The standard InChI is InChI=1S/C4H7ClO3/c1-8-3(2-5)4(6)7/h3H,2H2,1H3,(H,6,7). The van der Waals surface area contributed by atoms with Gasteiger partial charge in [0.1, 0.15) is 0 Å². The molecule has 1 N–H and O–H groups in total. The number of hydrogen-bond donors (Lipinski definition) is 1. The predicted molar refractivity (Wildman–Crippen MR) is 29.2 cm³/mol. The number of halogens is 1. The van der Waals surface area contributed by atoms with Gasteiger partial charge >= 0.3 is 5.97 Å². The van der Waals surface area contributed by atoms with Crippen molar-refractivity contribution in [3.63, 3.8) is 0 Å². The smallest absolute Gasteiger partial charge is 0.334 e. The highest BCUT2D eigenvalue weighted by Gasteiger charge is 2.12. The van der Waals surface area contributed by atoms with E-state index in [0.29, 0.717) is 0 Å². The Morgan fingerprint density at radius 2 is 2.50 bits per heavy atom. The van der Waals surface area contributed by atoms with Gasteiger partial charge in [-0.15, -0.1) is 11.6 Å². The largest absolute Gasteiger partial charge is 0.479 e. The van der Waals surface area contributed by atoms with Crippen LogP contribution in [0.4, 0.5) is 0 Å². The fourth-order valence-electron chi connectivity index (χ4n) is 0.230. The van der Waals surface area contributed by atoms with E-state index >= 15 is 0 Å². The van der Waals surface area contributed by atoms with Gasteiger partial charge in [0.15, 0.2) is 6.10 Å². The van der Waals surface area contributed by atoms with Gasteiger partial charge in [0.05, 0.1) is 5.88 Å². The van der Waals surface area contributed by atoms with Crippen molar-refractivity contribution < 1.29 is 14.6 Å². The molecule has 0 fully saturated rings. The average molecular weight is 139 g/mol. The zero-order valence-electron chi connectivity index (χ0n) is 4.43. The minimum absolute atomic E-state index is 0.00810. The molecular weight excluding hydrogens is 131 g/mol. The maximum atomic E-state index is 9.95. The second-order valence-corrected chi connectivity index (χ2v) is 1.53. The molecule has 1 atom stereocenters. The lowest BCUT2D eigenvalue weighted by molar-refractivity contribution is -0.147. The molecule has 48 valence electrons. The van der Waals surface area contributed by atoms with Crippen molar-refractivity contribution in [3.05, 3.63) is 0 Å². The predicted octanol–water partition coefficient (Wildman–Crippen LogP) is 0.325. The van der Waals surface area contributed by atoms with Crippen LogP contribution in [0.5, 0.6) is 0 Å². The summed E-state index contributed by atoms with van der Waals surface area (Å²) in [6.07, 6.45) is -0.864. The normalized spacial score (nSPS) is 13.2. The summed E-state index contributed by atoms with van der Waals surface area (Å²) < 4.78 is 4.43. The van der Waals surface area contributed by atoms with Gasteiger partial charge in [-0.3, -0.25) is 0 Å². The van der Waals surface area contributed by atoms with Gasteiger partial charge in [-0.05, 0) is 0 Å². The monoisotopic (exact) mass is 138 g/mol. The first-order chi connectivity index (χ1) is 3.72. The molecular formula is C4H7ClO3. The highest BCUT2D eigenvalue weighted by atomic mass is 35.5. The summed E-state index contributed by atoms with van der Waals surface area (Å²) in [5, 5.41) is 8.16. The van der Waals surface area contributed by atoms with E-state index in [9.17, 15) is 4.79 Å². The Kier molecular flexibility index (Phi) is 3.56. The van der Waals surface area contributed by atoms with Gasteiger partial charge in [-0.2, -0.15) is 0 Å². The molecule has 0 bridgehead atoms. The summed E-state index contributed by atoms with van der Waals surface area (Å²) in [6.45, 7) is 0. The molecule has 0 aliphatic heterocycles. The van der Waals surface area contributed by atoms with Gasteiger partial charge in [-0.25, -0.2) is 4.79 Å². The van der Waals surface area contributed by atoms with Gasteiger partial charge in [-0.1, -0.05) is 0 Å². The topological polar surface area (TPSA) is 46.5 Å². The summed E-state index contributed by atoms with van der Waals surface area (Å²) >= 11 is 5.16. The Labute approximate surface area is 52.2 Å². The van der Waals surface area contributed by atoms with Crippen LogP contribution in [-0.2, 0) is 9.53 Å². The molecule has 0 aromatic heterocycles. The van der Waals surface area contributed by atoms with Crippen LogP contribution < -0.4 is 0 Å². The summed E-state index contributed by atoms with van der Waals surface area (Å²) in [5.74, 6) is -1.03. The van der Waals surface area contributed by atoms with Crippen molar-refractivity contribution in [1.82, 2.24) is 0 Å². The molecule has 0 saturated heterocycles. The van der Waals surface area contributed by atoms with Crippen LogP contribution in [0.25, 0.3) is 0 Å². The molecule has 8 heavy (non-hydrogen) atoms. The highest BCUT2D eigenvalue weighted by molar-refractivity contribution is 6.19. The van der Waals surface area contributed by atoms with Crippen LogP contribution in [0.2, 0.25) is 0 Å². The fraction of sp³-hybridized carbons (Fsp3) is 0.750. The number of methoxy groups -OCH3 is 1. The highest BCUT2D eigenvalue weighted by Crippen LogP contribution is 1.91. The molecule has 0 rings (SSSR count). The van der Waals surface area contributed by atoms with Gasteiger partial charge in [0.2, 0.25) is 0 Å². The lowest BCUT2D eigenvalue weighted by atomic mass is 10.4. The van der Waals surface area contributed by atoms with E-state index in [0.717, 1.165) is 0 Å². The second-order valence-electron chi connectivity index (χ2n) is 1.22. The molecule has 3 nitrogen and oxygen atoms in total. The SMILES string of the molecule is COC(CCl)C(=O)O. The summed E-state index contributed by atoms with van der Waals surface area (Å²) in [7, 11) is 1.31. The number of ether oxygens (including phenoxy) is 1. The van der Waals surface area contributed by atoms with Crippen molar-refractivity contribution in [2.24, 2.45) is 0 Å². The van der Waals surface area contributed by atoms with Crippen LogP contribution in [-0.4, -0.2) is 30.2 Å². The van der Waals surface area contributed by atoms with Crippen molar-refractivity contribution in [2.75, 3.05) is 13.0 Å². The van der Waals surface area contributed by atoms with E-state index in [4.69, 9.17) is 16.7 Å². The quantitative estimate of drug-likeness (QED) is 0.572. The number of carbonyl (C=O) groups is 1. The van der Waals surface area contributed by atoms with Crippen LogP contribution in [0, 0.1) is 0 Å². The Morgan fingerprint density at radius 3 is 2.50 bits per heavy atom. The number of hydrogen-bond acceptors (Lipinski definition) is 2. The third-order valence-corrected chi connectivity index (χ3v) is 0.980. The zero-order chi connectivity index (χ0) is 6.57. The van der Waals surface area contributed by atoms with Crippen molar-refractivity contribution in [2.45, 2.75) is 6.10 Å². The maximum Gasteiger partial charge on any atom is 0.334 e. The Bertz CT molecular complexity index is 79.4. The first-order valence-corrected chi connectivity index (χ1v) is 2.57. The van der Waals surface area contributed by atoms with E-state index in [1.54, 1.807) is 0 Å². The lowest BCUT2D eigenvalue weighted by Gasteiger charge is -2.02. The van der Waals surface area contributed by atoms with Crippen molar-refractivity contribution >= 4 is 17.6 Å². The van der Waals surface area contributed by atoms with Gasteiger partial charge in [0, 0.05) is 7.11 Å². The minimum atomic E-state index is -1.03. The summed E-state index contributed by atoms with van der Waals surface area (Å²) in [4.78, 5) is 9.95. The van der Waals surface area contributed by atoms with E-state index in [1.807, 2.05) is 0 Å². The Morgan fingerprint density at radius 1 is 2.00 bits per heavy atom. The molecule has 0 spiro atoms. The lowest BCUT2D eigenvalue weighted by Crippen LogP contribution is -2.23. The molecule has 0 aromatic rings. The van der Waals surface area contributed by atoms with Crippen LogP contribution in [0.3, 0.4) is 0 Å². The van der Waals surface area contributed by atoms with E-state index in [2.05, 4.69) is 4.74 Å². The Hall–Kier alpha value is -0.280. The maximum absolute atomic E-state index is 9.95. The number of carboxylic acids is 1. The van der Waals surface area contributed by atoms with Crippen molar-refractivity contribution in [1.29, 1.82) is 0 Å². The molecule has 0 amide bonds. The first-order valence-electron chi connectivity index (χ1n) is 2.04.